The van der Waals surface area contributed by atoms with Crippen LogP contribution in [0, 0.1) is 11.3 Å². The van der Waals surface area contributed by atoms with Crippen LogP contribution in [-0.2, 0) is 0 Å². The van der Waals surface area contributed by atoms with Gasteiger partial charge in [0.05, 0.1) is 17.1 Å². The third-order valence-corrected chi connectivity index (χ3v) is 11.5. The van der Waals surface area contributed by atoms with E-state index in [0.717, 1.165) is 40.8 Å². The monoisotopic (exact) mass is 686 g/mol. The molecule has 0 fully saturated rings. The maximum atomic E-state index is 9.62. The van der Waals surface area contributed by atoms with E-state index in [1.807, 2.05) is 35.6 Å². The Hall–Kier alpha value is -6.26. The fourth-order valence-electron chi connectivity index (χ4n) is 7.77. The Labute approximate surface area is 305 Å². The molecular formula is C46H32N5S-. The molecule has 1 aliphatic carbocycles. The lowest BCUT2D eigenvalue weighted by Gasteiger charge is -2.41. The van der Waals surface area contributed by atoms with Gasteiger partial charge in [0.1, 0.15) is 0 Å². The first-order valence-corrected chi connectivity index (χ1v) is 18.5. The van der Waals surface area contributed by atoms with Gasteiger partial charge in [-0.05, 0) is 77.1 Å². The topological polar surface area (TPSA) is 67.2 Å². The number of hydrogen-bond acceptors (Lipinski definition) is 4. The Balaban J connectivity index is 1.07. The summed E-state index contributed by atoms with van der Waals surface area (Å²) in [4.78, 5) is 5.11. The van der Waals surface area contributed by atoms with Crippen molar-refractivity contribution in [1.29, 1.82) is 5.26 Å². The zero-order valence-corrected chi connectivity index (χ0v) is 29.0. The molecule has 0 saturated heterocycles. The summed E-state index contributed by atoms with van der Waals surface area (Å²) in [6.07, 6.45) is 5.09. The summed E-state index contributed by atoms with van der Waals surface area (Å²) >= 11 is 1.87. The number of thiophene rings is 1. The zero-order chi connectivity index (χ0) is 34.6. The second kappa shape index (κ2) is 12.5. The van der Waals surface area contributed by atoms with Crippen LogP contribution in [0.5, 0.6) is 0 Å². The molecule has 2 aromatic heterocycles. The van der Waals surface area contributed by atoms with Crippen molar-refractivity contribution in [3.63, 3.8) is 0 Å². The maximum Gasteiger partial charge on any atom is 0.0947 e. The highest BCUT2D eigenvalue weighted by molar-refractivity contribution is 7.26. The molecule has 0 amide bonds. The quantitative estimate of drug-likeness (QED) is 0.196. The molecule has 52 heavy (non-hydrogen) atoms. The Morgan fingerprint density at radius 3 is 2.37 bits per heavy atom. The van der Waals surface area contributed by atoms with E-state index in [-0.39, 0.29) is 12.3 Å². The average Bonchev–Trinajstić information content (AvgIpc) is 3.77. The SMILES string of the molecule is N#CC1=CC(C2=NC(c3ccc(-n4c5ccccc5c5ccc(-c6cccc7c6sc6ccccc67)cc54)cc3)NC(c3ccccc3)[N-]2)=CCC1. The average molecular weight is 687 g/mol. The number of fused-ring (bicyclic) bond motifs is 6. The predicted octanol–water partition coefficient (Wildman–Crippen LogP) is 12.1. The molecule has 0 spiro atoms. The molecule has 0 bridgehead atoms. The summed E-state index contributed by atoms with van der Waals surface area (Å²) in [6.45, 7) is 0. The second-order valence-electron chi connectivity index (χ2n) is 13.4. The third kappa shape index (κ3) is 5.13. The number of nitrogens with zero attached hydrogens (tertiary/aromatic N) is 4. The van der Waals surface area contributed by atoms with E-state index < -0.39 is 0 Å². The first-order chi connectivity index (χ1) is 25.7. The van der Waals surface area contributed by atoms with Crippen LogP contribution in [0.1, 0.15) is 36.3 Å². The lowest BCUT2D eigenvalue weighted by Crippen LogP contribution is -2.32. The largest absolute Gasteiger partial charge is 0.445 e. The zero-order valence-electron chi connectivity index (χ0n) is 28.2. The lowest BCUT2D eigenvalue weighted by atomic mass is 9.98. The predicted molar refractivity (Wildman–Crippen MR) is 216 cm³/mol. The van der Waals surface area contributed by atoms with Gasteiger partial charge in [-0.2, -0.15) is 5.26 Å². The third-order valence-electron chi connectivity index (χ3n) is 10.3. The number of rotatable bonds is 5. The minimum atomic E-state index is -0.305. The molecule has 0 saturated carbocycles. The fourth-order valence-corrected chi connectivity index (χ4v) is 9.01. The number of aromatic nitrogens is 1. The number of para-hydroxylation sites is 1. The molecule has 6 heteroatoms. The molecule has 3 heterocycles. The van der Waals surface area contributed by atoms with Crippen molar-refractivity contribution in [2.45, 2.75) is 25.2 Å². The summed E-state index contributed by atoms with van der Waals surface area (Å²) in [6, 6.07) is 52.3. The molecule has 248 valence electrons. The van der Waals surface area contributed by atoms with Crippen molar-refractivity contribution >= 4 is 59.2 Å². The van der Waals surface area contributed by atoms with Gasteiger partial charge in [0.15, 0.2) is 0 Å². The Morgan fingerprint density at radius 2 is 1.50 bits per heavy atom. The molecule has 1 N–H and O–H groups in total. The normalized spacial score (nSPS) is 17.5. The van der Waals surface area contributed by atoms with Gasteiger partial charge in [0.25, 0.3) is 0 Å². The molecule has 8 aromatic rings. The minimum absolute atomic E-state index is 0.263. The number of nitriles is 1. The summed E-state index contributed by atoms with van der Waals surface area (Å²) in [7, 11) is 0. The van der Waals surface area contributed by atoms with E-state index in [9.17, 15) is 5.26 Å². The van der Waals surface area contributed by atoms with Gasteiger partial charge in [-0.1, -0.05) is 121 Å². The summed E-state index contributed by atoms with van der Waals surface area (Å²) < 4.78 is 5.01. The van der Waals surface area contributed by atoms with E-state index in [1.165, 1.54) is 53.1 Å². The molecule has 5 nitrogen and oxygen atoms in total. The Bertz CT molecular complexity index is 2810. The number of amidine groups is 1. The van der Waals surface area contributed by atoms with Crippen molar-refractivity contribution in [2.24, 2.45) is 4.99 Å². The highest BCUT2D eigenvalue weighted by Crippen LogP contribution is 2.42. The van der Waals surface area contributed by atoms with Gasteiger partial charge in [-0.3, -0.25) is 0 Å². The molecule has 1 aliphatic heterocycles. The van der Waals surface area contributed by atoms with Gasteiger partial charge in [-0.25, -0.2) is 0 Å². The van der Waals surface area contributed by atoms with E-state index in [1.54, 1.807) is 0 Å². The summed E-state index contributed by atoms with van der Waals surface area (Å²) in [5.41, 5.74) is 9.71. The van der Waals surface area contributed by atoms with Crippen LogP contribution in [-0.4, -0.2) is 10.4 Å². The van der Waals surface area contributed by atoms with Crippen LogP contribution in [0.15, 0.2) is 168 Å². The Morgan fingerprint density at radius 1 is 0.731 bits per heavy atom. The smallest absolute Gasteiger partial charge is 0.0947 e. The number of benzene rings is 6. The molecule has 2 aliphatic rings. The number of hydrogen-bond donors (Lipinski definition) is 1. The molecule has 6 aromatic carbocycles. The minimum Gasteiger partial charge on any atom is -0.445 e. The van der Waals surface area contributed by atoms with Gasteiger partial charge >= 0.3 is 0 Å². The van der Waals surface area contributed by atoms with Gasteiger partial charge in [0.2, 0.25) is 0 Å². The van der Waals surface area contributed by atoms with Crippen molar-refractivity contribution in [3.8, 4) is 22.9 Å². The van der Waals surface area contributed by atoms with Crippen LogP contribution >= 0.6 is 11.3 Å². The van der Waals surface area contributed by atoms with Gasteiger partial charge < -0.3 is 20.2 Å². The van der Waals surface area contributed by atoms with Gasteiger partial charge in [0, 0.05) is 54.5 Å². The first-order valence-electron chi connectivity index (χ1n) is 17.7. The van der Waals surface area contributed by atoms with Gasteiger partial charge in [-0.15, -0.1) is 11.3 Å². The molecule has 10 rings (SSSR count). The van der Waals surface area contributed by atoms with E-state index in [4.69, 9.17) is 10.3 Å². The van der Waals surface area contributed by atoms with E-state index >= 15 is 0 Å². The Kier molecular flexibility index (Phi) is 7.35. The molecule has 2 atom stereocenters. The van der Waals surface area contributed by atoms with Crippen molar-refractivity contribution in [2.75, 3.05) is 0 Å². The van der Waals surface area contributed by atoms with E-state index in [0.29, 0.717) is 5.84 Å². The summed E-state index contributed by atoms with van der Waals surface area (Å²) in [5, 5.41) is 23.4. The standard InChI is InChI=1S/C46H32N5S/c47-28-29-10-8-13-33(26-29)46-49-44(30-11-2-1-3-12-30)48-45(50-46)31-20-23-34(24-21-31)51-40-18-6-4-14-36(40)37-25-22-32(27-41(37)51)35-16-9-17-39-38-15-5-7-19-42(38)52-43(35)39/h1-7,9,11-27,44-45,48H,8,10H2/q-1. The highest BCUT2D eigenvalue weighted by Gasteiger charge is 2.20. The van der Waals surface area contributed by atoms with Crippen LogP contribution < -0.4 is 5.32 Å². The number of aliphatic imine (C=N–C) groups is 1. The fraction of sp³-hybridized carbons (Fsp3) is 0.0870. The number of allylic oxidation sites excluding steroid dienone is 2. The summed E-state index contributed by atoms with van der Waals surface area (Å²) in [5.74, 6) is 0.678. The maximum absolute atomic E-state index is 9.62. The first kappa shape index (κ1) is 30.6. The second-order valence-corrected chi connectivity index (χ2v) is 14.5. The highest BCUT2D eigenvalue weighted by atomic mass is 32.1. The molecular weight excluding hydrogens is 655 g/mol. The van der Waals surface area contributed by atoms with Crippen molar-refractivity contribution in [3.05, 3.63) is 179 Å². The van der Waals surface area contributed by atoms with Crippen molar-refractivity contribution < 1.29 is 0 Å². The van der Waals surface area contributed by atoms with Crippen LogP contribution in [0.25, 0.3) is 64.1 Å². The van der Waals surface area contributed by atoms with E-state index in [2.05, 4.69) is 143 Å². The van der Waals surface area contributed by atoms with Crippen LogP contribution in [0.3, 0.4) is 0 Å². The molecule has 0 radical (unpaired) electrons. The van der Waals surface area contributed by atoms with Crippen LogP contribution in [0.2, 0.25) is 0 Å². The van der Waals surface area contributed by atoms with Crippen LogP contribution in [0.4, 0.5) is 0 Å². The van der Waals surface area contributed by atoms with Crippen molar-refractivity contribution in [1.82, 2.24) is 9.88 Å². The molecule has 2 unspecified atom stereocenters. The lowest BCUT2D eigenvalue weighted by molar-refractivity contribution is 0.488. The number of nitrogens with one attached hydrogen (secondary N) is 1.